The van der Waals surface area contributed by atoms with Crippen molar-refractivity contribution in [1.29, 1.82) is 0 Å². The van der Waals surface area contributed by atoms with E-state index in [9.17, 15) is 9.59 Å². The Morgan fingerprint density at radius 2 is 2.19 bits per heavy atom. The Labute approximate surface area is 160 Å². The van der Waals surface area contributed by atoms with Crippen LogP contribution in [0.4, 0.5) is 0 Å². The van der Waals surface area contributed by atoms with Crippen LogP contribution in [-0.2, 0) is 24.2 Å². The van der Waals surface area contributed by atoms with Crippen LogP contribution in [0.2, 0.25) is 0 Å². The van der Waals surface area contributed by atoms with Gasteiger partial charge in [-0.05, 0) is 50.0 Å². The third kappa shape index (κ3) is 3.60. The van der Waals surface area contributed by atoms with E-state index < -0.39 is 0 Å². The molecule has 1 saturated carbocycles. The van der Waals surface area contributed by atoms with E-state index in [1.54, 1.807) is 22.0 Å². The van der Waals surface area contributed by atoms with Gasteiger partial charge in [0.2, 0.25) is 5.91 Å². The molecule has 2 aliphatic carbocycles. The van der Waals surface area contributed by atoms with E-state index in [0.717, 1.165) is 36.0 Å². The summed E-state index contributed by atoms with van der Waals surface area (Å²) in [6.07, 6.45) is 8.48. The number of hydrogen-bond donors (Lipinski definition) is 1. The lowest BCUT2D eigenvalue weighted by atomic mass is 9.97. The van der Waals surface area contributed by atoms with Gasteiger partial charge in [-0.3, -0.25) is 14.2 Å². The Kier molecular flexibility index (Phi) is 5.18. The molecule has 0 aromatic carbocycles. The summed E-state index contributed by atoms with van der Waals surface area (Å²) in [5.41, 5.74) is 1.21. The number of hydrogen-bond acceptors (Lipinski definition) is 5. The van der Waals surface area contributed by atoms with Crippen molar-refractivity contribution in [2.45, 2.75) is 50.2 Å². The Morgan fingerprint density at radius 1 is 1.38 bits per heavy atom. The fourth-order valence-corrected chi connectivity index (χ4v) is 5.52. The number of thiophene rings is 1. The van der Waals surface area contributed by atoms with Gasteiger partial charge in [0.05, 0.1) is 11.1 Å². The van der Waals surface area contributed by atoms with Gasteiger partial charge in [-0.1, -0.05) is 17.8 Å². The van der Waals surface area contributed by atoms with Crippen LogP contribution in [-0.4, -0.2) is 27.8 Å². The molecule has 1 N–H and O–H groups in total. The molecule has 0 atom stereocenters. The molecule has 0 saturated heterocycles. The van der Waals surface area contributed by atoms with Crippen molar-refractivity contribution in [2.24, 2.45) is 5.92 Å². The maximum atomic E-state index is 13.1. The number of aryl methyl sites for hydroxylation is 2. The van der Waals surface area contributed by atoms with Crippen molar-refractivity contribution in [2.75, 3.05) is 12.3 Å². The number of thioether (sulfide) groups is 1. The van der Waals surface area contributed by atoms with Crippen LogP contribution in [0.5, 0.6) is 0 Å². The molecule has 1 amide bonds. The van der Waals surface area contributed by atoms with E-state index in [4.69, 9.17) is 4.98 Å². The average molecular weight is 390 g/mol. The molecule has 5 nitrogen and oxygen atoms in total. The summed E-state index contributed by atoms with van der Waals surface area (Å²) in [4.78, 5) is 32.1. The van der Waals surface area contributed by atoms with Gasteiger partial charge in [0.15, 0.2) is 5.16 Å². The first-order valence-electron chi connectivity index (χ1n) is 9.23. The fourth-order valence-electron chi connectivity index (χ4n) is 3.38. The number of fused-ring (bicyclic) bond motifs is 3. The Hall–Kier alpha value is -1.60. The van der Waals surface area contributed by atoms with E-state index in [2.05, 4.69) is 11.9 Å². The molecule has 2 aromatic heterocycles. The van der Waals surface area contributed by atoms with Crippen LogP contribution in [0.15, 0.2) is 22.6 Å². The third-order valence-electron chi connectivity index (χ3n) is 4.97. The molecule has 7 heteroatoms. The minimum atomic E-state index is 0.00636. The van der Waals surface area contributed by atoms with Gasteiger partial charge >= 0.3 is 0 Å². The maximum Gasteiger partial charge on any atom is 0.263 e. The predicted octanol–water partition coefficient (Wildman–Crippen LogP) is 3.14. The molecule has 26 heavy (non-hydrogen) atoms. The molecule has 0 spiro atoms. The van der Waals surface area contributed by atoms with E-state index in [-0.39, 0.29) is 17.2 Å². The molecule has 0 unspecified atom stereocenters. The van der Waals surface area contributed by atoms with Gasteiger partial charge in [-0.2, -0.15) is 0 Å². The zero-order chi connectivity index (χ0) is 18.1. The lowest BCUT2D eigenvalue weighted by Gasteiger charge is -2.12. The second-order valence-electron chi connectivity index (χ2n) is 7.03. The summed E-state index contributed by atoms with van der Waals surface area (Å²) >= 11 is 2.99. The fraction of sp³-hybridized carbons (Fsp3) is 0.526. The largest absolute Gasteiger partial charge is 0.355 e. The molecule has 0 aliphatic heterocycles. The van der Waals surface area contributed by atoms with Gasteiger partial charge in [-0.25, -0.2) is 4.98 Å². The van der Waals surface area contributed by atoms with Crippen molar-refractivity contribution < 1.29 is 4.79 Å². The second-order valence-corrected chi connectivity index (χ2v) is 9.05. The minimum absolute atomic E-state index is 0.00636. The summed E-state index contributed by atoms with van der Waals surface area (Å²) in [5.74, 6) is 0.953. The molecule has 0 bridgehead atoms. The lowest BCUT2D eigenvalue weighted by molar-refractivity contribution is -0.118. The lowest BCUT2D eigenvalue weighted by Crippen LogP contribution is -2.28. The van der Waals surface area contributed by atoms with Crippen LogP contribution < -0.4 is 10.9 Å². The number of aromatic nitrogens is 2. The predicted molar refractivity (Wildman–Crippen MR) is 107 cm³/mol. The van der Waals surface area contributed by atoms with Crippen LogP contribution >= 0.6 is 23.1 Å². The monoisotopic (exact) mass is 389 g/mol. The van der Waals surface area contributed by atoms with Crippen molar-refractivity contribution >= 4 is 39.2 Å². The zero-order valence-corrected chi connectivity index (χ0v) is 16.4. The van der Waals surface area contributed by atoms with Gasteiger partial charge in [-0.15, -0.1) is 17.9 Å². The normalized spacial score (nSPS) is 16.5. The van der Waals surface area contributed by atoms with Gasteiger partial charge in [0, 0.05) is 18.0 Å². The molecule has 1 fully saturated rings. The molecule has 2 aromatic rings. The quantitative estimate of drug-likeness (QED) is 0.449. The van der Waals surface area contributed by atoms with E-state index in [1.165, 1.54) is 41.5 Å². The smallest absolute Gasteiger partial charge is 0.263 e. The average Bonchev–Trinajstić information content (AvgIpc) is 3.39. The van der Waals surface area contributed by atoms with Crippen LogP contribution in [0.3, 0.4) is 0 Å². The standard InChI is InChI=1S/C19H23N3O2S2/c1-2-9-22-18(24)16-13-5-3-4-6-14(13)26-17(16)21-19(22)25-11-15(23)20-10-12-7-8-12/h2,12H,1,3-11H2,(H,20,23). The highest BCUT2D eigenvalue weighted by Gasteiger charge is 2.23. The number of nitrogens with one attached hydrogen (secondary N) is 1. The number of nitrogens with zero attached hydrogens (tertiary/aromatic N) is 2. The summed E-state index contributed by atoms with van der Waals surface area (Å²) < 4.78 is 1.66. The topological polar surface area (TPSA) is 64.0 Å². The summed E-state index contributed by atoms with van der Waals surface area (Å²) in [5, 5.41) is 4.37. The molecule has 2 aliphatic rings. The van der Waals surface area contributed by atoms with Gasteiger partial charge < -0.3 is 5.32 Å². The van der Waals surface area contributed by atoms with E-state index >= 15 is 0 Å². The highest BCUT2D eigenvalue weighted by Crippen LogP contribution is 2.34. The Balaban J connectivity index is 1.62. The molecule has 4 rings (SSSR count). The number of allylic oxidation sites excluding steroid dienone is 1. The highest BCUT2D eigenvalue weighted by atomic mass is 32.2. The second kappa shape index (κ2) is 7.56. The Bertz CT molecular complexity index is 912. The van der Waals surface area contributed by atoms with Gasteiger partial charge in [0.1, 0.15) is 4.83 Å². The number of carbonyl (C=O) groups is 1. The summed E-state index contributed by atoms with van der Waals surface area (Å²) in [7, 11) is 0. The third-order valence-corrected chi connectivity index (χ3v) is 7.13. The number of amides is 1. The minimum Gasteiger partial charge on any atom is -0.355 e. The van der Waals surface area contributed by atoms with Crippen LogP contribution in [0, 0.1) is 5.92 Å². The summed E-state index contributed by atoms with van der Waals surface area (Å²) in [6.45, 7) is 4.95. The first-order valence-corrected chi connectivity index (χ1v) is 11.0. The molecular weight excluding hydrogens is 366 g/mol. The van der Waals surface area contributed by atoms with Crippen molar-refractivity contribution in [3.63, 3.8) is 0 Å². The van der Waals surface area contributed by atoms with Crippen LogP contribution in [0.1, 0.15) is 36.1 Å². The zero-order valence-electron chi connectivity index (χ0n) is 14.8. The van der Waals surface area contributed by atoms with Crippen LogP contribution in [0.25, 0.3) is 10.2 Å². The Morgan fingerprint density at radius 3 is 2.96 bits per heavy atom. The first-order chi connectivity index (χ1) is 12.7. The number of carbonyl (C=O) groups excluding carboxylic acids is 1. The highest BCUT2D eigenvalue weighted by molar-refractivity contribution is 7.99. The van der Waals surface area contributed by atoms with E-state index in [0.29, 0.717) is 17.6 Å². The maximum absolute atomic E-state index is 13.1. The molecule has 2 heterocycles. The number of rotatable bonds is 7. The molecular formula is C19H23N3O2S2. The summed E-state index contributed by atoms with van der Waals surface area (Å²) in [6, 6.07) is 0. The SMILES string of the molecule is C=CCn1c(SCC(=O)NCC2CC2)nc2sc3c(c2c1=O)CCCC3. The first kappa shape index (κ1) is 17.8. The molecule has 138 valence electrons. The van der Waals surface area contributed by atoms with E-state index in [1.807, 2.05) is 0 Å². The van der Waals surface area contributed by atoms with Gasteiger partial charge in [0.25, 0.3) is 5.56 Å². The van der Waals surface area contributed by atoms with Crippen molar-refractivity contribution in [3.05, 3.63) is 33.4 Å². The molecule has 0 radical (unpaired) electrons. The van der Waals surface area contributed by atoms with Crippen molar-refractivity contribution in [3.8, 4) is 0 Å². The van der Waals surface area contributed by atoms with Crippen molar-refractivity contribution in [1.82, 2.24) is 14.9 Å².